The molecule has 0 bridgehead atoms. The normalized spacial score (nSPS) is 42.4. The van der Waals surface area contributed by atoms with Crippen molar-refractivity contribution < 1.29 is 19.7 Å². The SMILES string of the molecule is C[C@]12CCC3c4ccc(OC5CCCCO5)cc4[C@H](CO)CC3C1CC[C@@H]2O. The molecule has 1 aromatic rings. The van der Waals surface area contributed by atoms with Crippen molar-refractivity contribution >= 4 is 0 Å². The van der Waals surface area contributed by atoms with Crippen LogP contribution in [0.5, 0.6) is 5.75 Å². The van der Waals surface area contributed by atoms with Crippen LogP contribution >= 0.6 is 0 Å². The molecule has 2 N–H and O–H groups in total. The Kier molecular flexibility index (Phi) is 4.93. The van der Waals surface area contributed by atoms with Gasteiger partial charge >= 0.3 is 0 Å². The van der Waals surface area contributed by atoms with Gasteiger partial charge in [-0.3, -0.25) is 0 Å². The molecule has 4 heteroatoms. The predicted octanol–water partition coefficient (Wildman–Crippen LogP) is 4.34. The van der Waals surface area contributed by atoms with Gasteiger partial charge < -0.3 is 19.7 Å². The van der Waals surface area contributed by atoms with Gasteiger partial charge in [0, 0.05) is 18.9 Å². The minimum atomic E-state index is -0.154. The molecule has 0 spiro atoms. The van der Waals surface area contributed by atoms with E-state index < -0.39 is 0 Å². The van der Waals surface area contributed by atoms with Crippen LogP contribution in [0.4, 0.5) is 0 Å². The maximum absolute atomic E-state index is 10.6. The number of ether oxygens (including phenoxy) is 2. The lowest BCUT2D eigenvalue weighted by Crippen LogP contribution is -2.44. The molecule has 2 saturated carbocycles. The van der Waals surface area contributed by atoms with Crippen LogP contribution in [0.15, 0.2) is 18.2 Å². The molecule has 4 unspecified atom stereocenters. The van der Waals surface area contributed by atoms with Crippen LogP contribution in [0.2, 0.25) is 0 Å². The summed E-state index contributed by atoms with van der Waals surface area (Å²) in [5.74, 6) is 2.76. The standard InChI is InChI=1S/C24H34O4/c1-24-10-9-18-17-6-5-16(28-23-4-2-3-11-27-23)13-19(17)15(14-25)12-20(18)21(24)7-8-22(24)26/h5-6,13,15,18,20-23,25-26H,2-4,7-12,14H2,1H3/t15-,18?,20?,21?,22-,23?,24-/m0/s1. The third kappa shape index (κ3) is 3.00. The highest BCUT2D eigenvalue weighted by Gasteiger charge is 2.55. The van der Waals surface area contributed by atoms with Gasteiger partial charge in [0.25, 0.3) is 0 Å². The Labute approximate surface area is 168 Å². The smallest absolute Gasteiger partial charge is 0.199 e. The summed E-state index contributed by atoms with van der Waals surface area (Å²) in [6.07, 6.45) is 8.30. The van der Waals surface area contributed by atoms with E-state index in [9.17, 15) is 10.2 Å². The molecule has 28 heavy (non-hydrogen) atoms. The minimum Gasteiger partial charge on any atom is -0.465 e. The predicted molar refractivity (Wildman–Crippen MR) is 107 cm³/mol. The first-order valence-corrected chi connectivity index (χ1v) is 11.3. The average Bonchev–Trinajstić information content (AvgIpc) is 3.03. The van der Waals surface area contributed by atoms with Gasteiger partial charge in [-0.15, -0.1) is 0 Å². The monoisotopic (exact) mass is 386 g/mol. The van der Waals surface area contributed by atoms with Gasteiger partial charge in [-0.25, -0.2) is 0 Å². The molecule has 1 aromatic carbocycles. The second-order valence-electron chi connectivity index (χ2n) is 9.83. The van der Waals surface area contributed by atoms with Gasteiger partial charge in [-0.2, -0.15) is 0 Å². The summed E-state index contributed by atoms with van der Waals surface area (Å²) < 4.78 is 11.9. The molecule has 1 saturated heterocycles. The summed E-state index contributed by atoms with van der Waals surface area (Å²) >= 11 is 0. The highest BCUT2D eigenvalue weighted by molar-refractivity contribution is 5.43. The van der Waals surface area contributed by atoms with Crippen LogP contribution in [0, 0.1) is 17.3 Å². The lowest BCUT2D eigenvalue weighted by molar-refractivity contribution is -0.106. The van der Waals surface area contributed by atoms with E-state index in [1.807, 2.05) is 0 Å². The zero-order valence-corrected chi connectivity index (χ0v) is 17.0. The molecule has 1 heterocycles. The maximum atomic E-state index is 10.6. The fourth-order valence-electron chi connectivity index (χ4n) is 6.88. The summed E-state index contributed by atoms with van der Waals surface area (Å²) in [5.41, 5.74) is 2.76. The minimum absolute atomic E-state index is 0.0695. The van der Waals surface area contributed by atoms with Crippen LogP contribution in [-0.4, -0.2) is 35.8 Å². The van der Waals surface area contributed by atoms with Crippen molar-refractivity contribution in [2.24, 2.45) is 17.3 Å². The second kappa shape index (κ2) is 7.30. The van der Waals surface area contributed by atoms with E-state index in [-0.39, 0.29) is 30.3 Å². The lowest BCUT2D eigenvalue weighted by atomic mass is 9.54. The zero-order valence-electron chi connectivity index (χ0n) is 17.0. The molecule has 0 radical (unpaired) electrons. The highest BCUT2D eigenvalue weighted by Crippen LogP contribution is 2.62. The first kappa shape index (κ1) is 18.9. The molecule has 3 aliphatic carbocycles. The van der Waals surface area contributed by atoms with Gasteiger partial charge in [-0.05, 0) is 91.4 Å². The van der Waals surface area contributed by atoms with Crippen molar-refractivity contribution in [2.75, 3.05) is 13.2 Å². The van der Waals surface area contributed by atoms with E-state index in [0.29, 0.717) is 17.8 Å². The molecule has 4 nitrogen and oxygen atoms in total. The van der Waals surface area contributed by atoms with Crippen molar-refractivity contribution in [3.8, 4) is 5.75 Å². The Bertz CT molecular complexity index is 713. The third-order valence-electron chi connectivity index (χ3n) is 8.47. The highest BCUT2D eigenvalue weighted by atomic mass is 16.7. The van der Waals surface area contributed by atoms with E-state index in [1.54, 1.807) is 0 Å². The van der Waals surface area contributed by atoms with Crippen molar-refractivity contribution in [1.82, 2.24) is 0 Å². The number of fused-ring (bicyclic) bond motifs is 5. The number of aliphatic hydroxyl groups excluding tert-OH is 2. The molecule has 0 amide bonds. The number of hydrogen-bond acceptors (Lipinski definition) is 4. The number of benzene rings is 1. The summed E-state index contributed by atoms with van der Waals surface area (Å²) in [7, 11) is 0. The maximum Gasteiger partial charge on any atom is 0.199 e. The summed E-state index contributed by atoms with van der Waals surface area (Å²) in [6.45, 7) is 3.27. The molecule has 3 fully saturated rings. The van der Waals surface area contributed by atoms with Crippen LogP contribution in [0.3, 0.4) is 0 Å². The topological polar surface area (TPSA) is 58.9 Å². The van der Waals surface area contributed by atoms with Crippen LogP contribution < -0.4 is 4.74 Å². The molecule has 4 aliphatic rings. The fourth-order valence-corrected chi connectivity index (χ4v) is 6.88. The van der Waals surface area contributed by atoms with Crippen molar-refractivity contribution in [3.63, 3.8) is 0 Å². The molecule has 7 atom stereocenters. The molecular weight excluding hydrogens is 352 g/mol. The van der Waals surface area contributed by atoms with Crippen molar-refractivity contribution in [2.45, 2.75) is 82.5 Å². The first-order valence-electron chi connectivity index (χ1n) is 11.3. The number of hydrogen-bond donors (Lipinski definition) is 2. The molecular formula is C24H34O4. The van der Waals surface area contributed by atoms with E-state index in [4.69, 9.17) is 9.47 Å². The Balaban J connectivity index is 1.43. The Hall–Kier alpha value is -1.10. The van der Waals surface area contributed by atoms with E-state index >= 15 is 0 Å². The summed E-state index contributed by atoms with van der Waals surface area (Å²) in [5, 5.41) is 20.8. The van der Waals surface area contributed by atoms with E-state index in [1.165, 1.54) is 11.1 Å². The van der Waals surface area contributed by atoms with Gasteiger partial charge in [0.15, 0.2) is 6.29 Å². The van der Waals surface area contributed by atoms with Gasteiger partial charge in [0.2, 0.25) is 0 Å². The largest absolute Gasteiger partial charge is 0.465 e. The van der Waals surface area contributed by atoms with Crippen LogP contribution in [-0.2, 0) is 4.74 Å². The van der Waals surface area contributed by atoms with Gasteiger partial charge in [0.1, 0.15) is 5.75 Å². The summed E-state index contributed by atoms with van der Waals surface area (Å²) in [6, 6.07) is 6.52. The quantitative estimate of drug-likeness (QED) is 0.811. The summed E-state index contributed by atoms with van der Waals surface area (Å²) in [4.78, 5) is 0. The van der Waals surface area contributed by atoms with Gasteiger partial charge in [0.05, 0.1) is 12.7 Å². The molecule has 5 rings (SSSR count). The fraction of sp³-hybridized carbons (Fsp3) is 0.750. The number of aliphatic hydroxyl groups is 2. The van der Waals surface area contributed by atoms with Crippen LogP contribution in [0.25, 0.3) is 0 Å². The van der Waals surface area contributed by atoms with Crippen molar-refractivity contribution in [3.05, 3.63) is 29.3 Å². The molecule has 1 aliphatic heterocycles. The zero-order chi connectivity index (χ0) is 19.3. The average molecular weight is 387 g/mol. The second-order valence-corrected chi connectivity index (χ2v) is 9.83. The van der Waals surface area contributed by atoms with Gasteiger partial charge in [-0.1, -0.05) is 13.0 Å². The Morgan fingerprint density at radius 2 is 2.04 bits per heavy atom. The first-order chi connectivity index (χ1) is 13.6. The third-order valence-corrected chi connectivity index (χ3v) is 8.47. The lowest BCUT2D eigenvalue weighted by Gasteiger charge is -2.51. The number of rotatable bonds is 3. The van der Waals surface area contributed by atoms with E-state index in [0.717, 1.165) is 63.7 Å². The Morgan fingerprint density at radius 1 is 1.14 bits per heavy atom. The molecule has 154 valence electrons. The van der Waals surface area contributed by atoms with E-state index in [2.05, 4.69) is 25.1 Å². The van der Waals surface area contributed by atoms with Crippen LogP contribution in [0.1, 0.15) is 81.3 Å². The Morgan fingerprint density at radius 3 is 2.82 bits per heavy atom. The van der Waals surface area contributed by atoms with Crippen molar-refractivity contribution in [1.29, 1.82) is 0 Å². The molecule has 0 aromatic heterocycles.